The van der Waals surface area contributed by atoms with Gasteiger partial charge in [0, 0.05) is 12.0 Å². The van der Waals surface area contributed by atoms with E-state index in [0.717, 1.165) is 44.9 Å². The fraction of sp³-hybridized carbons (Fsp3) is 0.821. The van der Waals surface area contributed by atoms with Gasteiger partial charge in [0.05, 0.1) is 6.10 Å². The molecular formula is C28H44O2. The highest BCUT2D eigenvalue weighted by Gasteiger charge is 2.57. The summed E-state index contributed by atoms with van der Waals surface area (Å²) in [4.78, 5) is 13.4. The normalized spacial score (nSPS) is 43.5. The van der Waals surface area contributed by atoms with E-state index in [9.17, 15) is 9.90 Å². The van der Waals surface area contributed by atoms with Gasteiger partial charge in [0.1, 0.15) is 0 Å². The number of hydrogen-bond acceptors (Lipinski definition) is 2. The molecule has 0 aromatic rings. The molecule has 4 aliphatic carbocycles. The first-order valence-corrected chi connectivity index (χ1v) is 12.7. The molecule has 0 aromatic carbocycles. The highest BCUT2D eigenvalue weighted by molar-refractivity contribution is 6.00. The van der Waals surface area contributed by atoms with E-state index in [2.05, 4.69) is 53.7 Å². The second kappa shape index (κ2) is 7.91. The van der Waals surface area contributed by atoms with Crippen LogP contribution < -0.4 is 0 Å². The molecule has 4 rings (SSSR count). The lowest BCUT2D eigenvalue weighted by Crippen LogP contribution is -2.48. The Morgan fingerprint density at radius 1 is 1.03 bits per heavy atom. The number of carbonyl (C=O) groups is 1. The quantitative estimate of drug-likeness (QED) is 0.520. The standard InChI is InChI=1S/C28H44O2/c1-17(2)18(3)7-8-19(4)24-16-25(30)26-22-10-9-20-15-21(29)11-13-27(20,5)23(22)12-14-28(24,26)6/h7-8,17-21,23-24,29H,9-16H2,1-6H3/b8-7+/t18-,19-,20+,21+,23+,24-,27+,28-/m1/s1. The topological polar surface area (TPSA) is 37.3 Å². The molecule has 0 spiro atoms. The summed E-state index contributed by atoms with van der Waals surface area (Å²) < 4.78 is 0. The number of aliphatic hydroxyl groups excluding tert-OH is 1. The Hall–Kier alpha value is -0.890. The van der Waals surface area contributed by atoms with Gasteiger partial charge in [-0.1, -0.05) is 59.3 Å². The van der Waals surface area contributed by atoms with Crippen LogP contribution in [0, 0.1) is 46.3 Å². The van der Waals surface area contributed by atoms with E-state index in [-0.39, 0.29) is 16.9 Å². The number of rotatable bonds is 4. The van der Waals surface area contributed by atoms with Gasteiger partial charge in [-0.05, 0) is 91.3 Å². The van der Waals surface area contributed by atoms with E-state index in [1.54, 1.807) is 0 Å². The molecule has 0 unspecified atom stereocenters. The molecule has 2 heteroatoms. The van der Waals surface area contributed by atoms with Gasteiger partial charge in [0.25, 0.3) is 0 Å². The maximum atomic E-state index is 13.4. The van der Waals surface area contributed by atoms with Crippen molar-refractivity contribution in [1.29, 1.82) is 0 Å². The smallest absolute Gasteiger partial charge is 0.159 e. The third kappa shape index (κ3) is 3.46. The molecule has 1 N–H and O–H groups in total. The van der Waals surface area contributed by atoms with Crippen LogP contribution in [0.4, 0.5) is 0 Å². The third-order valence-corrected chi connectivity index (χ3v) is 10.2. The van der Waals surface area contributed by atoms with Gasteiger partial charge >= 0.3 is 0 Å². The predicted molar refractivity (Wildman–Crippen MR) is 124 cm³/mol. The number of allylic oxidation sites excluding steroid dienone is 4. The van der Waals surface area contributed by atoms with Crippen molar-refractivity contribution in [3.8, 4) is 0 Å². The molecule has 3 saturated carbocycles. The van der Waals surface area contributed by atoms with Crippen molar-refractivity contribution in [3.63, 3.8) is 0 Å². The van der Waals surface area contributed by atoms with Crippen LogP contribution in [0.5, 0.6) is 0 Å². The van der Waals surface area contributed by atoms with E-state index >= 15 is 0 Å². The van der Waals surface area contributed by atoms with Crippen molar-refractivity contribution in [2.24, 2.45) is 46.3 Å². The second-order valence-corrected chi connectivity index (χ2v) is 12.2. The Morgan fingerprint density at radius 3 is 2.47 bits per heavy atom. The lowest BCUT2D eigenvalue weighted by molar-refractivity contribution is -0.115. The summed E-state index contributed by atoms with van der Waals surface area (Å²) in [6.45, 7) is 14.1. The molecule has 0 heterocycles. The summed E-state index contributed by atoms with van der Waals surface area (Å²) in [6, 6.07) is 0. The summed E-state index contributed by atoms with van der Waals surface area (Å²) in [5, 5.41) is 10.2. The Morgan fingerprint density at radius 2 is 1.77 bits per heavy atom. The van der Waals surface area contributed by atoms with Crippen molar-refractivity contribution in [2.45, 2.75) is 99.0 Å². The van der Waals surface area contributed by atoms with E-state index in [1.807, 2.05) is 0 Å². The van der Waals surface area contributed by atoms with Crippen molar-refractivity contribution in [1.82, 2.24) is 0 Å². The van der Waals surface area contributed by atoms with Crippen molar-refractivity contribution < 1.29 is 9.90 Å². The fourth-order valence-corrected chi connectivity index (χ4v) is 7.81. The van der Waals surface area contributed by atoms with E-state index in [0.29, 0.717) is 41.3 Å². The Balaban J connectivity index is 1.63. The number of carbonyl (C=O) groups excluding carboxylic acids is 1. The summed E-state index contributed by atoms with van der Waals surface area (Å²) in [7, 11) is 0. The molecule has 0 radical (unpaired) electrons. The molecule has 30 heavy (non-hydrogen) atoms. The minimum atomic E-state index is -0.107. The summed E-state index contributed by atoms with van der Waals surface area (Å²) in [5.41, 5.74) is 3.15. The Kier molecular flexibility index (Phi) is 5.88. The van der Waals surface area contributed by atoms with Crippen LogP contribution in [0.25, 0.3) is 0 Å². The van der Waals surface area contributed by atoms with Gasteiger partial charge in [-0.25, -0.2) is 0 Å². The van der Waals surface area contributed by atoms with Crippen LogP contribution in [0.15, 0.2) is 23.3 Å². The summed E-state index contributed by atoms with van der Waals surface area (Å²) in [5.74, 6) is 3.80. The molecule has 3 fully saturated rings. The van der Waals surface area contributed by atoms with Crippen LogP contribution in [0.3, 0.4) is 0 Å². The number of aliphatic hydroxyl groups is 1. The summed E-state index contributed by atoms with van der Waals surface area (Å²) >= 11 is 0. The lowest BCUT2D eigenvalue weighted by Gasteiger charge is -2.56. The maximum absolute atomic E-state index is 13.4. The van der Waals surface area contributed by atoms with Crippen LogP contribution in [0.2, 0.25) is 0 Å². The average Bonchev–Trinajstić information content (AvgIpc) is 2.97. The molecule has 0 aliphatic heterocycles. The van der Waals surface area contributed by atoms with Crippen LogP contribution >= 0.6 is 0 Å². The lowest BCUT2D eigenvalue weighted by atomic mass is 9.49. The molecule has 4 aliphatic rings. The predicted octanol–water partition coefficient (Wildman–Crippen LogP) is 6.73. The zero-order chi connectivity index (χ0) is 21.8. The van der Waals surface area contributed by atoms with E-state index in [4.69, 9.17) is 0 Å². The number of fused-ring (bicyclic) bond motifs is 4. The SMILES string of the molecule is CC(C)[C@H](C)/C=C/[C@@H](C)[C@H]1CC(=O)C2=C3CC[C@H]4C[C@@H](O)CC[C@]4(C)[C@H]3CC[C@@]21C. The van der Waals surface area contributed by atoms with E-state index < -0.39 is 0 Å². The number of Topliss-reactive ketones (excluding diaryl/α,β-unsaturated/α-hetero) is 1. The maximum Gasteiger partial charge on any atom is 0.159 e. The monoisotopic (exact) mass is 412 g/mol. The third-order valence-electron chi connectivity index (χ3n) is 10.2. The molecule has 0 amide bonds. The van der Waals surface area contributed by atoms with Gasteiger partial charge in [-0.15, -0.1) is 0 Å². The molecule has 8 atom stereocenters. The fourth-order valence-electron chi connectivity index (χ4n) is 7.81. The number of ketones is 1. The first-order valence-electron chi connectivity index (χ1n) is 12.7. The average molecular weight is 413 g/mol. The van der Waals surface area contributed by atoms with Gasteiger partial charge in [-0.3, -0.25) is 4.79 Å². The van der Waals surface area contributed by atoms with Gasteiger partial charge in [0.15, 0.2) is 5.78 Å². The van der Waals surface area contributed by atoms with E-state index in [1.165, 1.54) is 17.6 Å². The molecule has 168 valence electrons. The van der Waals surface area contributed by atoms with Crippen LogP contribution in [0.1, 0.15) is 92.9 Å². The van der Waals surface area contributed by atoms with Gasteiger partial charge in [-0.2, -0.15) is 0 Å². The van der Waals surface area contributed by atoms with Crippen molar-refractivity contribution >= 4 is 5.78 Å². The molecule has 2 nitrogen and oxygen atoms in total. The zero-order valence-corrected chi connectivity index (χ0v) is 20.2. The number of hydrogen-bond donors (Lipinski definition) is 1. The first-order chi connectivity index (χ1) is 14.1. The Bertz CT molecular complexity index is 746. The van der Waals surface area contributed by atoms with Crippen LogP contribution in [-0.4, -0.2) is 17.0 Å². The second-order valence-electron chi connectivity index (χ2n) is 12.2. The minimum Gasteiger partial charge on any atom is -0.393 e. The molecule has 0 bridgehead atoms. The van der Waals surface area contributed by atoms with Crippen molar-refractivity contribution in [2.75, 3.05) is 0 Å². The molecule has 0 saturated heterocycles. The first kappa shape index (κ1) is 22.3. The van der Waals surface area contributed by atoms with Gasteiger partial charge in [0.2, 0.25) is 0 Å². The zero-order valence-electron chi connectivity index (χ0n) is 20.2. The Labute approximate surface area is 184 Å². The van der Waals surface area contributed by atoms with Crippen molar-refractivity contribution in [3.05, 3.63) is 23.3 Å². The largest absolute Gasteiger partial charge is 0.393 e. The molecular weight excluding hydrogens is 368 g/mol. The minimum absolute atomic E-state index is 0.0606. The van der Waals surface area contributed by atoms with Gasteiger partial charge < -0.3 is 5.11 Å². The molecule has 0 aromatic heterocycles. The highest BCUT2D eigenvalue weighted by Crippen LogP contribution is 2.65. The van der Waals surface area contributed by atoms with Crippen LogP contribution in [-0.2, 0) is 4.79 Å². The highest BCUT2D eigenvalue weighted by atomic mass is 16.3. The summed E-state index contributed by atoms with van der Waals surface area (Å²) in [6.07, 6.45) is 13.1.